The predicted molar refractivity (Wildman–Crippen MR) is 51.3 cm³/mol. The van der Waals surface area contributed by atoms with Gasteiger partial charge in [0.25, 0.3) is 0 Å². The van der Waals surface area contributed by atoms with Gasteiger partial charge in [0.05, 0.1) is 0 Å². The fourth-order valence-corrected chi connectivity index (χ4v) is 2.51. The molecule has 1 saturated heterocycles. The number of fused-ring (bicyclic) bond motifs is 2. The van der Waals surface area contributed by atoms with Crippen LogP contribution in [0.15, 0.2) is 0 Å². The van der Waals surface area contributed by atoms with Gasteiger partial charge in [-0.05, 0) is 40.2 Å². The highest BCUT2D eigenvalue weighted by Crippen LogP contribution is 2.31. The molecule has 1 saturated carbocycles. The SMILES string of the molecule is CN1C2CCC(C2)NCC1(C)C. The van der Waals surface area contributed by atoms with E-state index in [4.69, 9.17) is 0 Å². The van der Waals surface area contributed by atoms with Crippen LogP contribution in [0.1, 0.15) is 33.1 Å². The van der Waals surface area contributed by atoms with Crippen molar-refractivity contribution in [3.63, 3.8) is 0 Å². The zero-order valence-corrected chi connectivity index (χ0v) is 8.43. The highest BCUT2D eigenvalue weighted by molar-refractivity contribution is 4.97. The number of nitrogens with zero attached hydrogens (tertiary/aromatic N) is 1. The van der Waals surface area contributed by atoms with Crippen molar-refractivity contribution < 1.29 is 0 Å². The van der Waals surface area contributed by atoms with E-state index in [1.165, 1.54) is 19.3 Å². The second-order valence-corrected chi connectivity index (χ2v) is 4.97. The molecule has 1 aliphatic carbocycles. The van der Waals surface area contributed by atoms with Gasteiger partial charge in [-0.15, -0.1) is 0 Å². The van der Waals surface area contributed by atoms with Gasteiger partial charge in [-0.1, -0.05) is 0 Å². The van der Waals surface area contributed by atoms with Crippen LogP contribution < -0.4 is 5.32 Å². The molecule has 0 spiro atoms. The van der Waals surface area contributed by atoms with Crippen molar-refractivity contribution in [1.82, 2.24) is 10.2 Å². The van der Waals surface area contributed by atoms with Gasteiger partial charge in [-0.25, -0.2) is 0 Å². The molecule has 70 valence electrons. The normalized spacial score (nSPS) is 41.2. The summed E-state index contributed by atoms with van der Waals surface area (Å²) < 4.78 is 0. The summed E-state index contributed by atoms with van der Waals surface area (Å²) in [5.74, 6) is 0. The first-order valence-corrected chi connectivity index (χ1v) is 5.06. The zero-order valence-electron chi connectivity index (χ0n) is 8.43. The first kappa shape index (κ1) is 8.52. The molecule has 2 fully saturated rings. The topological polar surface area (TPSA) is 15.3 Å². The van der Waals surface area contributed by atoms with Gasteiger partial charge < -0.3 is 5.32 Å². The molecule has 1 N–H and O–H groups in total. The van der Waals surface area contributed by atoms with E-state index in [1.807, 2.05) is 0 Å². The highest BCUT2D eigenvalue weighted by Gasteiger charge is 2.38. The summed E-state index contributed by atoms with van der Waals surface area (Å²) in [6.45, 7) is 5.81. The van der Waals surface area contributed by atoms with Crippen molar-refractivity contribution in [2.24, 2.45) is 0 Å². The van der Waals surface area contributed by atoms with Crippen LogP contribution in [0.3, 0.4) is 0 Å². The van der Waals surface area contributed by atoms with Crippen LogP contribution in [-0.2, 0) is 0 Å². The van der Waals surface area contributed by atoms with Crippen molar-refractivity contribution in [2.75, 3.05) is 13.6 Å². The van der Waals surface area contributed by atoms with Gasteiger partial charge in [-0.3, -0.25) is 4.90 Å². The third-order valence-electron chi connectivity index (χ3n) is 3.73. The van der Waals surface area contributed by atoms with Crippen LogP contribution in [0.4, 0.5) is 0 Å². The van der Waals surface area contributed by atoms with Crippen LogP contribution in [0.25, 0.3) is 0 Å². The third-order valence-corrected chi connectivity index (χ3v) is 3.73. The van der Waals surface area contributed by atoms with E-state index in [1.54, 1.807) is 0 Å². The minimum atomic E-state index is 0.347. The molecule has 2 rings (SSSR count). The average molecular weight is 168 g/mol. The molecule has 2 nitrogen and oxygen atoms in total. The van der Waals surface area contributed by atoms with Crippen molar-refractivity contribution in [2.45, 2.75) is 50.7 Å². The molecule has 0 aromatic carbocycles. The summed E-state index contributed by atoms with van der Waals surface area (Å²) in [5.41, 5.74) is 0.347. The van der Waals surface area contributed by atoms with E-state index in [9.17, 15) is 0 Å². The van der Waals surface area contributed by atoms with Crippen molar-refractivity contribution in [1.29, 1.82) is 0 Å². The number of likely N-dealkylation sites (N-methyl/N-ethyl adjacent to an activating group) is 1. The van der Waals surface area contributed by atoms with Crippen molar-refractivity contribution in [3.8, 4) is 0 Å². The lowest BCUT2D eigenvalue weighted by atomic mass is 10.0. The summed E-state index contributed by atoms with van der Waals surface area (Å²) in [6.07, 6.45) is 4.13. The van der Waals surface area contributed by atoms with E-state index < -0.39 is 0 Å². The van der Waals surface area contributed by atoms with Crippen LogP contribution in [0, 0.1) is 0 Å². The Morgan fingerprint density at radius 2 is 2.08 bits per heavy atom. The molecule has 2 aliphatic rings. The number of hydrogen-bond donors (Lipinski definition) is 1. The molecule has 2 atom stereocenters. The molecule has 0 aromatic rings. The van der Waals surface area contributed by atoms with Crippen molar-refractivity contribution in [3.05, 3.63) is 0 Å². The van der Waals surface area contributed by atoms with Gasteiger partial charge >= 0.3 is 0 Å². The molecule has 0 amide bonds. The number of rotatable bonds is 0. The molecule has 2 unspecified atom stereocenters. The Labute approximate surface area is 75.3 Å². The van der Waals surface area contributed by atoms with Gasteiger partial charge in [0, 0.05) is 24.2 Å². The van der Waals surface area contributed by atoms with E-state index in [0.29, 0.717) is 5.54 Å². The Morgan fingerprint density at radius 1 is 1.33 bits per heavy atom. The number of hydrogen-bond acceptors (Lipinski definition) is 2. The second kappa shape index (κ2) is 2.71. The molecule has 1 aliphatic heterocycles. The minimum Gasteiger partial charge on any atom is -0.312 e. The fourth-order valence-electron chi connectivity index (χ4n) is 2.51. The lowest BCUT2D eigenvalue weighted by Crippen LogP contribution is -2.51. The summed E-state index contributed by atoms with van der Waals surface area (Å²) in [4.78, 5) is 2.56. The lowest BCUT2D eigenvalue weighted by molar-refractivity contribution is 0.112. The van der Waals surface area contributed by atoms with Crippen LogP contribution >= 0.6 is 0 Å². The Balaban J connectivity index is 2.16. The smallest absolute Gasteiger partial charge is 0.0277 e. The Hall–Kier alpha value is -0.0800. The average Bonchev–Trinajstić information content (AvgIpc) is 2.43. The molecular weight excluding hydrogens is 148 g/mol. The Bertz CT molecular complexity index is 177. The van der Waals surface area contributed by atoms with Crippen LogP contribution in [0.5, 0.6) is 0 Å². The molecule has 0 radical (unpaired) electrons. The maximum atomic E-state index is 3.65. The van der Waals surface area contributed by atoms with Gasteiger partial charge in [0.15, 0.2) is 0 Å². The Morgan fingerprint density at radius 3 is 2.83 bits per heavy atom. The lowest BCUT2D eigenvalue weighted by Gasteiger charge is -2.38. The van der Waals surface area contributed by atoms with Crippen LogP contribution in [-0.4, -0.2) is 36.1 Å². The second-order valence-electron chi connectivity index (χ2n) is 4.97. The first-order valence-electron chi connectivity index (χ1n) is 5.06. The largest absolute Gasteiger partial charge is 0.312 e. The molecular formula is C10H20N2. The minimum absolute atomic E-state index is 0.347. The van der Waals surface area contributed by atoms with Gasteiger partial charge in [0.2, 0.25) is 0 Å². The van der Waals surface area contributed by atoms with Crippen molar-refractivity contribution >= 4 is 0 Å². The summed E-state index contributed by atoms with van der Waals surface area (Å²) in [6, 6.07) is 1.64. The van der Waals surface area contributed by atoms with Gasteiger partial charge in [0.1, 0.15) is 0 Å². The Kier molecular flexibility index (Phi) is 1.92. The van der Waals surface area contributed by atoms with E-state index in [2.05, 4.69) is 31.1 Å². The van der Waals surface area contributed by atoms with Crippen LogP contribution in [0.2, 0.25) is 0 Å². The first-order chi connectivity index (χ1) is 5.59. The maximum Gasteiger partial charge on any atom is 0.0277 e. The van der Waals surface area contributed by atoms with E-state index in [0.717, 1.165) is 18.6 Å². The molecule has 1 heterocycles. The molecule has 2 heteroatoms. The summed E-state index contributed by atoms with van der Waals surface area (Å²) in [7, 11) is 2.28. The van der Waals surface area contributed by atoms with E-state index >= 15 is 0 Å². The molecule has 12 heavy (non-hydrogen) atoms. The summed E-state index contributed by atoms with van der Waals surface area (Å²) >= 11 is 0. The summed E-state index contributed by atoms with van der Waals surface area (Å²) in [5, 5.41) is 3.65. The molecule has 0 aromatic heterocycles. The zero-order chi connectivity index (χ0) is 8.77. The quantitative estimate of drug-likeness (QED) is 0.585. The fraction of sp³-hybridized carbons (Fsp3) is 1.00. The molecule has 2 bridgehead atoms. The number of nitrogens with one attached hydrogen (secondary N) is 1. The van der Waals surface area contributed by atoms with E-state index in [-0.39, 0.29) is 0 Å². The monoisotopic (exact) mass is 168 g/mol. The standard InChI is InChI=1S/C10H20N2/c1-10(2)7-11-8-4-5-9(6-8)12(10)3/h8-9,11H,4-7H2,1-3H3. The predicted octanol–water partition coefficient (Wildman–Crippen LogP) is 1.22. The van der Waals surface area contributed by atoms with Gasteiger partial charge in [-0.2, -0.15) is 0 Å². The maximum absolute atomic E-state index is 3.65. The third kappa shape index (κ3) is 1.27. The highest BCUT2D eigenvalue weighted by atomic mass is 15.2.